The van der Waals surface area contributed by atoms with Crippen LogP contribution in [0.15, 0.2) is 37.2 Å². The lowest BCUT2D eigenvalue weighted by Gasteiger charge is -2.20. The largest absolute Gasteiger partial charge is 0.311 e. The second-order valence-electron chi connectivity index (χ2n) is 5.52. The van der Waals surface area contributed by atoms with E-state index >= 15 is 0 Å². The van der Waals surface area contributed by atoms with Gasteiger partial charge in [-0.15, -0.1) is 0 Å². The minimum atomic E-state index is 0.621. The van der Waals surface area contributed by atoms with Crippen molar-refractivity contribution in [3.8, 4) is 11.1 Å². The molecular formula is C15H16N4. The predicted octanol–water partition coefficient (Wildman–Crippen LogP) is 2.15. The first kappa shape index (κ1) is 11.1. The normalized spacial score (nSPS) is 28.7. The van der Waals surface area contributed by atoms with E-state index in [0.717, 1.165) is 17.2 Å². The van der Waals surface area contributed by atoms with E-state index in [1.165, 1.54) is 24.8 Å². The summed E-state index contributed by atoms with van der Waals surface area (Å²) in [5.74, 6) is 0.621. The molecule has 0 saturated carbocycles. The third-order valence-corrected chi connectivity index (χ3v) is 4.38. The smallest absolute Gasteiger partial charge is 0.115 e. The zero-order chi connectivity index (χ0) is 12.7. The van der Waals surface area contributed by atoms with Crippen LogP contribution >= 0.6 is 0 Å². The zero-order valence-electron chi connectivity index (χ0n) is 10.7. The number of pyridine rings is 1. The summed E-state index contributed by atoms with van der Waals surface area (Å²) in [5, 5.41) is 3.68. The van der Waals surface area contributed by atoms with Gasteiger partial charge in [-0.1, -0.05) is 0 Å². The number of fused-ring (bicyclic) bond motifs is 2. The summed E-state index contributed by atoms with van der Waals surface area (Å²) >= 11 is 0. The average molecular weight is 252 g/mol. The van der Waals surface area contributed by atoms with Crippen LogP contribution in [0.3, 0.4) is 0 Å². The molecule has 2 aliphatic rings. The zero-order valence-corrected chi connectivity index (χ0v) is 10.7. The molecule has 2 aromatic rings. The quantitative estimate of drug-likeness (QED) is 0.889. The summed E-state index contributed by atoms with van der Waals surface area (Å²) in [7, 11) is 0. The highest BCUT2D eigenvalue weighted by molar-refractivity contribution is 5.61. The van der Waals surface area contributed by atoms with E-state index in [-0.39, 0.29) is 0 Å². The molecule has 96 valence electrons. The fraction of sp³-hybridized carbons (Fsp3) is 0.400. The molecule has 19 heavy (non-hydrogen) atoms. The Kier molecular flexibility index (Phi) is 2.55. The first-order valence-corrected chi connectivity index (χ1v) is 6.86. The molecule has 2 aliphatic heterocycles. The van der Waals surface area contributed by atoms with Gasteiger partial charge in [-0.25, -0.2) is 9.97 Å². The molecule has 0 radical (unpaired) electrons. The molecule has 2 bridgehead atoms. The van der Waals surface area contributed by atoms with Gasteiger partial charge in [-0.3, -0.25) is 4.98 Å². The van der Waals surface area contributed by atoms with E-state index in [1.807, 2.05) is 24.8 Å². The molecule has 4 heteroatoms. The van der Waals surface area contributed by atoms with Crippen LogP contribution in [0.5, 0.6) is 0 Å². The van der Waals surface area contributed by atoms with Gasteiger partial charge >= 0.3 is 0 Å². The first-order valence-electron chi connectivity index (χ1n) is 6.86. The van der Waals surface area contributed by atoms with Crippen LogP contribution in [0, 0.1) is 0 Å². The second kappa shape index (κ2) is 4.38. The third kappa shape index (κ3) is 1.92. The van der Waals surface area contributed by atoms with E-state index < -0.39 is 0 Å². The number of nitrogens with one attached hydrogen (secondary N) is 1. The van der Waals surface area contributed by atoms with Gasteiger partial charge in [0.2, 0.25) is 0 Å². The fourth-order valence-electron chi connectivity index (χ4n) is 3.46. The number of nitrogens with zero attached hydrogens (tertiary/aromatic N) is 3. The Hall–Kier alpha value is -1.81. The van der Waals surface area contributed by atoms with Gasteiger partial charge in [0.25, 0.3) is 0 Å². The molecular weight excluding hydrogens is 236 g/mol. The van der Waals surface area contributed by atoms with Crippen LogP contribution in [0.25, 0.3) is 11.1 Å². The summed E-state index contributed by atoms with van der Waals surface area (Å²) in [5.41, 5.74) is 3.50. The monoisotopic (exact) mass is 252 g/mol. The fourth-order valence-corrected chi connectivity index (χ4v) is 3.46. The average Bonchev–Trinajstić information content (AvgIpc) is 3.11. The Morgan fingerprint density at radius 2 is 1.79 bits per heavy atom. The Morgan fingerprint density at radius 3 is 2.53 bits per heavy atom. The highest BCUT2D eigenvalue weighted by Crippen LogP contribution is 2.40. The van der Waals surface area contributed by atoms with Gasteiger partial charge in [0, 0.05) is 53.9 Å². The van der Waals surface area contributed by atoms with Crippen LogP contribution in [0.1, 0.15) is 30.7 Å². The molecule has 2 fully saturated rings. The molecule has 4 nitrogen and oxygen atoms in total. The number of rotatable bonds is 2. The van der Waals surface area contributed by atoms with E-state index in [9.17, 15) is 0 Å². The SMILES string of the molecule is c1ncc(-c2cncc(C3CC4CCC3N4)c2)cn1. The van der Waals surface area contributed by atoms with Gasteiger partial charge < -0.3 is 5.32 Å². The number of aromatic nitrogens is 3. The molecule has 0 aliphatic carbocycles. The molecule has 1 N–H and O–H groups in total. The summed E-state index contributed by atoms with van der Waals surface area (Å²) in [6, 6.07) is 3.62. The van der Waals surface area contributed by atoms with Crippen molar-refractivity contribution in [3.63, 3.8) is 0 Å². The van der Waals surface area contributed by atoms with E-state index in [4.69, 9.17) is 0 Å². The van der Waals surface area contributed by atoms with Crippen molar-refractivity contribution in [2.75, 3.05) is 0 Å². The molecule has 3 atom stereocenters. The maximum Gasteiger partial charge on any atom is 0.115 e. The number of hydrogen-bond donors (Lipinski definition) is 1. The second-order valence-corrected chi connectivity index (χ2v) is 5.52. The van der Waals surface area contributed by atoms with Crippen LogP contribution in [0.2, 0.25) is 0 Å². The summed E-state index contributed by atoms with van der Waals surface area (Å²) in [6.07, 6.45) is 13.0. The van der Waals surface area contributed by atoms with Gasteiger partial charge in [-0.05, 0) is 30.9 Å². The van der Waals surface area contributed by atoms with Crippen molar-refractivity contribution in [2.24, 2.45) is 0 Å². The minimum Gasteiger partial charge on any atom is -0.311 e. The maximum atomic E-state index is 4.41. The Morgan fingerprint density at radius 1 is 0.947 bits per heavy atom. The Balaban J connectivity index is 1.68. The van der Waals surface area contributed by atoms with Crippen LogP contribution in [-0.4, -0.2) is 27.0 Å². The highest BCUT2D eigenvalue weighted by atomic mass is 15.0. The highest BCUT2D eigenvalue weighted by Gasteiger charge is 2.39. The van der Waals surface area contributed by atoms with Crippen LogP contribution in [0.4, 0.5) is 0 Å². The lowest BCUT2D eigenvalue weighted by molar-refractivity contribution is 0.505. The summed E-state index contributed by atoms with van der Waals surface area (Å²) in [6.45, 7) is 0. The lowest BCUT2D eigenvalue weighted by atomic mass is 9.84. The van der Waals surface area contributed by atoms with Crippen LogP contribution in [-0.2, 0) is 0 Å². The van der Waals surface area contributed by atoms with Crippen molar-refractivity contribution in [3.05, 3.63) is 42.7 Å². The van der Waals surface area contributed by atoms with Crippen LogP contribution < -0.4 is 5.32 Å². The first-order chi connectivity index (χ1) is 9.40. The van der Waals surface area contributed by atoms with E-state index in [1.54, 1.807) is 6.33 Å². The standard InChI is InChI=1S/C15H16N4/c1-2-15-14(4-13(1)19-15)11-3-10(5-16-6-11)12-7-17-9-18-8-12/h3,5-9,13-15,19H,1-2,4H2. The molecule has 0 amide bonds. The summed E-state index contributed by atoms with van der Waals surface area (Å²) in [4.78, 5) is 12.6. The number of hydrogen-bond acceptors (Lipinski definition) is 4. The van der Waals surface area contributed by atoms with Crippen molar-refractivity contribution >= 4 is 0 Å². The molecule has 2 saturated heterocycles. The maximum absolute atomic E-state index is 4.41. The third-order valence-electron chi connectivity index (χ3n) is 4.38. The van der Waals surface area contributed by atoms with Crippen molar-refractivity contribution < 1.29 is 0 Å². The topological polar surface area (TPSA) is 50.7 Å². The molecule has 0 spiro atoms. The molecule has 3 unspecified atom stereocenters. The molecule has 0 aromatic carbocycles. The Labute approximate surface area is 112 Å². The van der Waals surface area contributed by atoms with Gasteiger partial charge in [0.05, 0.1) is 0 Å². The Bertz CT molecular complexity index is 584. The van der Waals surface area contributed by atoms with Gasteiger partial charge in [0.1, 0.15) is 6.33 Å². The summed E-state index contributed by atoms with van der Waals surface area (Å²) < 4.78 is 0. The predicted molar refractivity (Wildman–Crippen MR) is 72.6 cm³/mol. The van der Waals surface area contributed by atoms with E-state index in [2.05, 4.69) is 26.3 Å². The molecule has 4 rings (SSSR count). The van der Waals surface area contributed by atoms with Crippen molar-refractivity contribution in [1.29, 1.82) is 0 Å². The molecule has 4 heterocycles. The van der Waals surface area contributed by atoms with E-state index in [0.29, 0.717) is 12.0 Å². The van der Waals surface area contributed by atoms with Crippen molar-refractivity contribution in [1.82, 2.24) is 20.3 Å². The van der Waals surface area contributed by atoms with Crippen molar-refractivity contribution in [2.45, 2.75) is 37.3 Å². The van der Waals surface area contributed by atoms with Gasteiger partial charge in [0.15, 0.2) is 0 Å². The lowest BCUT2D eigenvalue weighted by Crippen LogP contribution is -2.21. The molecule has 2 aromatic heterocycles. The van der Waals surface area contributed by atoms with Gasteiger partial charge in [-0.2, -0.15) is 0 Å². The minimum absolute atomic E-state index is 0.621.